The zero-order chi connectivity index (χ0) is 29.1. The molecule has 3 unspecified atom stereocenters. The van der Waals surface area contributed by atoms with Gasteiger partial charge >= 0.3 is 0 Å². The molecule has 1 aliphatic heterocycles. The standard InChI is InChI=1S/C25H40N2O8S3/c1-8-15(4)23(30)17(6)35-25(7,9-2)20(28)11-12-21(29)27-38(33,34)22-14-18-19(26-10-3)13-16(5)37(31,32)24(18)36-22/h14-17,19,26H,8-13H2,1-7H3,(H,27,29)/t15?,16-,17?,19-,25?/m0/s1. The number of nitrogens with one attached hydrogen (secondary N) is 2. The van der Waals surface area contributed by atoms with Crippen LogP contribution in [0.1, 0.15) is 92.2 Å². The van der Waals surface area contributed by atoms with Crippen LogP contribution in [-0.4, -0.2) is 57.8 Å². The van der Waals surface area contributed by atoms with Crippen molar-refractivity contribution in [3.63, 3.8) is 0 Å². The van der Waals surface area contributed by atoms with Crippen LogP contribution in [0.2, 0.25) is 0 Å². The summed E-state index contributed by atoms with van der Waals surface area (Å²) in [6, 6.07) is 0.984. The van der Waals surface area contributed by atoms with Gasteiger partial charge in [0, 0.05) is 30.4 Å². The summed E-state index contributed by atoms with van der Waals surface area (Å²) in [6.07, 6.45) is -0.275. The van der Waals surface area contributed by atoms with E-state index < -0.39 is 54.9 Å². The predicted molar refractivity (Wildman–Crippen MR) is 145 cm³/mol. The first-order valence-electron chi connectivity index (χ1n) is 12.9. The van der Waals surface area contributed by atoms with Gasteiger partial charge in [-0.05, 0) is 52.6 Å². The van der Waals surface area contributed by atoms with Gasteiger partial charge in [0.15, 0.2) is 21.4 Å². The highest BCUT2D eigenvalue weighted by Gasteiger charge is 2.40. The second-order valence-electron chi connectivity index (χ2n) is 10.0. The molecule has 0 saturated heterocycles. The van der Waals surface area contributed by atoms with Crippen LogP contribution in [0, 0.1) is 5.92 Å². The second-order valence-corrected chi connectivity index (χ2v) is 15.5. The van der Waals surface area contributed by atoms with Crippen LogP contribution in [-0.2, 0) is 39.0 Å². The van der Waals surface area contributed by atoms with Crippen molar-refractivity contribution in [1.82, 2.24) is 10.0 Å². The minimum Gasteiger partial charge on any atom is -0.357 e. The summed E-state index contributed by atoms with van der Waals surface area (Å²) in [7, 11) is -8.04. The molecule has 1 aromatic heterocycles. The Labute approximate surface area is 230 Å². The fraction of sp³-hybridized carbons (Fsp3) is 0.720. The van der Waals surface area contributed by atoms with Gasteiger partial charge in [-0.25, -0.2) is 21.6 Å². The molecule has 0 saturated carbocycles. The number of carbonyl (C=O) groups excluding carboxylic acids is 3. The van der Waals surface area contributed by atoms with Gasteiger partial charge in [0.25, 0.3) is 10.0 Å². The number of thiophene rings is 1. The SMILES string of the molecule is CCN[C@H]1C[C@H](C)S(=O)(=O)c2sc(S(=O)(=O)NC(=O)CCC(=O)C(C)(CC)OC(C)C(=O)C(C)CC)cc21. The number of amides is 1. The molecule has 5 atom stereocenters. The number of sulfonamides is 1. The molecular weight excluding hydrogens is 552 g/mol. The van der Waals surface area contributed by atoms with E-state index in [9.17, 15) is 31.2 Å². The quantitative estimate of drug-likeness (QED) is 0.331. The van der Waals surface area contributed by atoms with Crippen LogP contribution in [0.15, 0.2) is 14.5 Å². The lowest BCUT2D eigenvalue weighted by molar-refractivity contribution is -0.158. The van der Waals surface area contributed by atoms with E-state index in [4.69, 9.17) is 4.74 Å². The molecule has 0 aromatic carbocycles. The number of hydrogen-bond donors (Lipinski definition) is 2. The zero-order valence-electron chi connectivity index (χ0n) is 23.1. The molecule has 2 heterocycles. The van der Waals surface area contributed by atoms with Crippen molar-refractivity contribution in [3.8, 4) is 0 Å². The number of ether oxygens (including phenoxy) is 1. The lowest BCUT2D eigenvalue weighted by Gasteiger charge is -2.31. The number of carbonyl (C=O) groups is 3. The topological polar surface area (TPSA) is 153 Å². The minimum absolute atomic E-state index is 0.0119. The van der Waals surface area contributed by atoms with Crippen molar-refractivity contribution in [2.24, 2.45) is 5.92 Å². The van der Waals surface area contributed by atoms with Gasteiger partial charge in [-0.15, -0.1) is 11.3 Å². The molecule has 0 bridgehead atoms. The molecule has 2 N–H and O–H groups in total. The average molecular weight is 593 g/mol. The summed E-state index contributed by atoms with van der Waals surface area (Å²) >= 11 is 0.621. The average Bonchev–Trinajstić information content (AvgIpc) is 3.32. The molecule has 0 aliphatic carbocycles. The first kappa shape index (κ1) is 32.5. The molecule has 0 radical (unpaired) electrons. The fourth-order valence-corrected chi connectivity index (χ4v) is 9.32. The van der Waals surface area contributed by atoms with E-state index in [1.54, 1.807) is 34.6 Å². The number of sulfone groups is 1. The summed E-state index contributed by atoms with van der Waals surface area (Å²) in [5.74, 6) is -1.65. The molecule has 1 aromatic rings. The van der Waals surface area contributed by atoms with Crippen LogP contribution in [0.25, 0.3) is 0 Å². The Bertz CT molecular complexity index is 1260. The second kappa shape index (κ2) is 12.7. The number of Topliss-reactive ketones (excluding diaryl/α,β-unsaturated/α-hetero) is 2. The van der Waals surface area contributed by atoms with E-state index in [1.807, 2.05) is 18.6 Å². The Morgan fingerprint density at radius 1 is 1.18 bits per heavy atom. The van der Waals surface area contributed by atoms with Gasteiger partial charge in [0.2, 0.25) is 5.91 Å². The summed E-state index contributed by atoms with van der Waals surface area (Å²) in [5.41, 5.74) is -0.921. The molecule has 1 aliphatic rings. The normalized spacial score (nSPS) is 22.1. The highest BCUT2D eigenvalue weighted by molar-refractivity contribution is 7.95. The highest BCUT2D eigenvalue weighted by Crippen LogP contribution is 2.42. The Morgan fingerprint density at radius 2 is 1.82 bits per heavy atom. The van der Waals surface area contributed by atoms with Crippen LogP contribution < -0.4 is 10.0 Å². The molecular formula is C25H40N2O8S3. The third kappa shape index (κ3) is 7.09. The highest BCUT2D eigenvalue weighted by atomic mass is 32.3. The van der Waals surface area contributed by atoms with Crippen molar-refractivity contribution in [2.75, 3.05) is 6.54 Å². The summed E-state index contributed by atoms with van der Waals surface area (Å²) in [6.45, 7) is 12.6. The summed E-state index contributed by atoms with van der Waals surface area (Å²) in [5, 5.41) is 2.51. The Kier molecular flexibility index (Phi) is 10.8. The van der Waals surface area contributed by atoms with Crippen LogP contribution in [0.3, 0.4) is 0 Å². The molecule has 38 heavy (non-hydrogen) atoms. The Balaban J connectivity index is 2.12. The summed E-state index contributed by atoms with van der Waals surface area (Å²) in [4.78, 5) is 37.9. The third-order valence-electron chi connectivity index (χ3n) is 7.18. The van der Waals surface area contributed by atoms with Gasteiger partial charge < -0.3 is 10.1 Å². The Morgan fingerprint density at radius 3 is 2.37 bits per heavy atom. The maximum Gasteiger partial charge on any atom is 0.273 e. The molecule has 2 rings (SSSR count). The third-order valence-corrected chi connectivity index (χ3v) is 12.9. The first-order chi connectivity index (χ1) is 17.5. The molecule has 10 nitrogen and oxygen atoms in total. The van der Waals surface area contributed by atoms with Crippen molar-refractivity contribution in [3.05, 3.63) is 11.6 Å². The van der Waals surface area contributed by atoms with E-state index in [0.29, 0.717) is 36.3 Å². The van der Waals surface area contributed by atoms with Crippen LogP contribution >= 0.6 is 11.3 Å². The lowest BCUT2D eigenvalue weighted by Crippen LogP contribution is -2.44. The van der Waals surface area contributed by atoms with Crippen molar-refractivity contribution < 1.29 is 36.0 Å². The maximum absolute atomic E-state index is 12.9. The van der Waals surface area contributed by atoms with E-state index in [-0.39, 0.29) is 39.0 Å². The molecule has 13 heteroatoms. The molecule has 216 valence electrons. The number of hydrogen-bond acceptors (Lipinski definition) is 10. The number of rotatable bonds is 14. The molecule has 0 spiro atoms. The van der Waals surface area contributed by atoms with E-state index >= 15 is 0 Å². The largest absolute Gasteiger partial charge is 0.357 e. The predicted octanol–water partition coefficient (Wildman–Crippen LogP) is 3.31. The van der Waals surface area contributed by atoms with Gasteiger partial charge in [-0.3, -0.25) is 14.4 Å². The monoisotopic (exact) mass is 592 g/mol. The maximum atomic E-state index is 12.9. The fourth-order valence-electron chi connectivity index (χ4n) is 4.31. The molecule has 0 fully saturated rings. The van der Waals surface area contributed by atoms with Crippen LogP contribution in [0.4, 0.5) is 0 Å². The van der Waals surface area contributed by atoms with Crippen molar-refractivity contribution in [2.45, 2.75) is 112 Å². The van der Waals surface area contributed by atoms with Crippen LogP contribution in [0.5, 0.6) is 0 Å². The van der Waals surface area contributed by atoms with E-state index in [0.717, 1.165) is 0 Å². The van der Waals surface area contributed by atoms with Gasteiger partial charge in [0.1, 0.15) is 20.1 Å². The zero-order valence-corrected chi connectivity index (χ0v) is 25.6. The van der Waals surface area contributed by atoms with Gasteiger partial charge in [0.05, 0.1) is 5.25 Å². The summed E-state index contributed by atoms with van der Waals surface area (Å²) < 4.78 is 59.0. The minimum atomic E-state index is -4.35. The lowest BCUT2D eigenvalue weighted by atomic mass is 9.92. The smallest absolute Gasteiger partial charge is 0.273 e. The first-order valence-corrected chi connectivity index (χ1v) is 16.8. The van der Waals surface area contributed by atoms with Gasteiger partial charge in [-0.1, -0.05) is 27.7 Å². The number of fused-ring (bicyclic) bond motifs is 1. The van der Waals surface area contributed by atoms with Crippen molar-refractivity contribution in [1.29, 1.82) is 0 Å². The van der Waals surface area contributed by atoms with Gasteiger partial charge in [-0.2, -0.15) is 0 Å². The molecule has 1 amide bonds. The van der Waals surface area contributed by atoms with Crippen molar-refractivity contribution >= 4 is 48.7 Å². The number of ketones is 2. The van der Waals surface area contributed by atoms with E-state index in [1.165, 1.54) is 6.07 Å². The Hall–Kier alpha value is -1.67. The van der Waals surface area contributed by atoms with E-state index in [2.05, 4.69) is 5.32 Å².